The SMILES string of the molecule is CCc1ccc(N2C(=O)[C@H]3N=NN(CC(=O)Nc4ccc(OC)cc4)[C@@H]3C2=O)cc1. The van der Waals surface area contributed by atoms with Crippen molar-refractivity contribution in [1.29, 1.82) is 0 Å². The van der Waals surface area contributed by atoms with Crippen molar-refractivity contribution in [2.45, 2.75) is 25.4 Å². The van der Waals surface area contributed by atoms with Crippen LogP contribution in [-0.2, 0) is 20.8 Å². The van der Waals surface area contributed by atoms with Crippen molar-refractivity contribution in [2.24, 2.45) is 10.3 Å². The van der Waals surface area contributed by atoms with Gasteiger partial charge in [0.2, 0.25) is 5.91 Å². The van der Waals surface area contributed by atoms with E-state index in [0.717, 1.165) is 16.9 Å². The van der Waals surface area contributed by atoms with E-state index in [1.807, 2.05) is 19.1 Å². The van der Waals surface area contributed by atoms with Crippen LogP contribution in [0.1, 0.15) is 12.5 Å². The van der Waals surface area contributed by atoms with Gasteiger partial charge in [-0.2, -0.15) is 5.11 Å². The van der Waals surface area contributed by atoms with E-state index in [1.54, 1.807) is 43.5 Å². The van der Waals surface area contributed by atoms with Gasteiger partial charge in [0, 0.05) is 5.69 Å². The first-order valence-corrected chi connectivity index (χ1v) is 9.60. The third kappa shape index (κ3) is 3.49. The number of methoxy groups -OCH3 is 1. The summed E-state index contributed by atoms with van der Waals surface area (Å²) in [6, 6.07) is 12.3. The van der Waals surface area contributed by atoms with Gasteiger partial charge in [0.25, 0.3) is 11.8 Å². The summed E-state index contributed by atoms with van der Waals surface area (Å²) in [5.74, 6) is -0.565. The maximum absolute atomic E-state index is 13.0. The average Bonchev–Trinajstić information content (AvgIpc) is 3.28. The lowest BCUT2D eigenvalue weighted by Gasteiger charge is -2.20. The Hall–Kier alpha value is -3.75. The molecule has 0 spiro atoms. The molecule has 2 atom stereocenters. The van der Waals surface area contributed by atoms with Crippen molar-refractivity contribution in [3.05, 3.63) is 54.1 Å². The number of rotatable bonds is 6. The van der Waals surface area contributed by atoms with Crippen LogP contribution in [0.3, 0.4) is 0 Å². The Morgan fingerprint density at radius 1 is 1.07 bits per heavy atom. The molecule has 4 rings (SSSR count). The Morgan fingerprint density at radius 2 is 1.77 bits per heavy atom. The number of ether oxygens (including phenoxy) is 1. The number of hydrogen-bond donors (Lipinski definition) is 1. The third-order valence-corrected chi connectivity index (χ3v) is 5.14. The number of nitrogens with zero attached hydrogens (tertiary/aromatic N) is 4. The minimum atomic E-state index is -0.933. The molecule has 9 nitrogen and oxygen atoms in total. The van der Waals surface area contributed by atoms with Crippen molar-refractivity contribution >= 4 is 29.1 Å². The largest absolute Gasteiger partial charge is 0.497 e. The summed E-state index contributed by atoms with van der Waals surface area (Å²) in [7, 11) is 1.56. The quantitative estimate of drug-likeness (QED) is 0.740. The predicted molar refractivity (Wildman–Crippen MR) is 109 cm³/mol. The highest BCUT2D eigenvalue weighted by Gasteiger charge is 2.55. The molecule has 2 aromatic rings. The summed E-state index contributed by atoms with van der Waals surface area (Å²) < 4.78 is 5.09. The second-order valence-electron chi connectivity index (χ2n) is 7.00. The highest BCUT2D eigenvalue weighted by Crippen LogP contribution is 2.32. The lowest BCUT2D eigenvalue weighted by Crippen LogP contribution is -2.43. The lowest BCUT2D eigenvalue weighted by atomic mass is 10.1. The number of imide groups is 1. The first kappa shape index (κ1) is 19.6. The van der Waals surface area contributed by atoms with Gasteiger partial charge in [-0.3, -0.25) is 19.4 Å². The first-order chi connectivity index (χ1) is 14.5. The minimum absolute atomic E-state index is 0.196. The van der Waals surface area contributed by atoms with E-state index in [-0.39, 0.29) is 12.5 Å². The maximum atomic E-state index is 13.0. The van der Waals surface area contributed by atoms with Crippen molar-refractivity contribution in [1.82, 2.24) is 5.01 Å². The zero-order valence-corrected chi connectivity index (χ0v) is 16.6. The molecule has 0 bridgehead atoms. The van der Waals surface area contributed by atoms with Crippen molar-refractivity contribution in [3.63, 3.8) is 0 Å². The zero-order chi connectivity index (χ0) is 21.3. The fourth-order valence-electron chi connectivity index (χ4n) is 3.51. The molecule has 2 aliphatic rings. The van der Waals surface area contributed by atoms with E-state index >= 15 is 0 Å². The van der Waals surface area contributed by atoms with E-state index in [1.165, 1.54) is 5.01 Å². The van der Waals surface area contributed by atoms with Gasteiger partial charge in [0.05, 0.1) is 12.8 Å². The number of aryl methyl sites for hydroxylation is 1. The highest BCUT2D eigenvalue weighted by atomic mass is 16.5. The molecular formula is C21H21N5O4. The van der Waals surface area contributed by atoms with Gasteiger partial charge in [0.15, 0.2) is 12.1 Å². The van der Waals surface area contributed by atoms with E-state index in [2.05, 4.69) is 15.7 Å². The Morgan fingerprint density at radius 3 is 2.40 bits per heavy atom. The Bertz CT molecular complexity index is 1000. The number of anilines is 2. The molecule has 154 valence electrons. The summed E-state index contributed by atoms with van der Waals surface area (Å²) in [5, 5.41) is 11.8. The van der Waals surface area contributed by atoms with Gasteiger partial charge in [-0.1, -0.05) is 24.3 Å². The van der Waals surface area contributed by atoms with Crippen LogP contribution in [0.2, 0.25) is 0 Å². The number of carbonyl (C=O) groups excluding carboxylic acids is 3. The van der Waals surface area contributed by atoms with Crippen LogP contribution in [0.15, 0.2) is 58.9 Å². The van der Waals surface area contributed by atoms with Gasteiger partial charge in [-0.25, -0.2) is 4.90 Å². The highest BCUT2D eigenvalue weighted by molar-refractivity contribution is 6.25. The minimum Gasteiger partial charge on any atom is -0.497 e. The summed E-state index contributed by atoms with van der Waals surface area (Å²) in [6.45, 7) is 1.83. The standard InChI is InChI=1S/C21H21N5O4/c1-3-13-4-8-15(9-5-13)26-20(28)18-19(21(26)29)25(24-23-18)12-17(27)22-14-6-10-16(30-2)11-7-14/h4-11,18-19H,3,12H2,1-2H3,(H,22,27)/t18-,19-/m0/s1. The van der Waals surface area contributed by atoms with E-state index in [0.29, 0.717) is 17.1 Å². The normalized spacial score (nSPS) is 19.9. The van der Waals surface area contributed by atoms with Gasteiger partial charge in [0.1, 0.15) is 12.3 Å². The van der Waals surface area contributed by atoms with Crippen LogP contribution in [0.4, 0.5) is 11.4 Å². The number of amides is 3. The van der Waals surface area contributed by atoms with Crippen LogP contribution in [0.25, 0.3) is 0 Å². The molecule has 0 radical (unpaired) electrons. The van der Waals surface area contributed by atoms with Crippen LogP contribution >= 0.6 is 0 Å². The molecule has 0 saturated carbocycles. The van der Waals surface area contributed by atoms with E-state index < -0.39 is 23.9 Å². The summed E-state index contributed by atoms with van der Waals surface area (Å²) in [6.07, 6.45) is 0.860. The van der Waals surface area contributed by atoms with E-state index in [4.69, 9.17) is 4.74 Å². The molecule has 2 aromatic carbocycles. The molecule has 2 heterocycles. The molecule has 2 aliphatic heterocycles. The van der Waals surface area contributed by atoms with Crippen LogP contribution in [0.5, 0.6) is 5.75 Å². The van der Waals surface area contributed by atoms with Crippen molar-refractivity contribution in [2.75, 3.05) is 23.9 Å². The van der Waals surface area contributed by atoms with Crippen molar-refractivity contribution in [3.8, 4) is 5.75 Å². The molecule has 9 heteroatoms. The number of fused-ring (bicyclic) bond motifs is 1. The van der Waals surface area contributed by atoms with Gasteiger partial charge in [-0.05, 0) is 48.4 Å². The topological polar surface area (TPSA) is 104 Å². The fraction of sp³-hybridized carbons (Fsp3) is 0.286. The number of benzene rings is 2. The number of hydrogen-bond acceptors (Lipinski definition) is 7. The summed E-state index contributed by atoms with van der Waals surface area (Å²) >= 11 is 0. The molecule has 0 unspecified atom stereocenters. The fourth-order valence-corrected chi connectivity index (χ4v) is 3.51. The lowest BCUT2D eigenvalue weighted by molar-refractivity contribution is -0.123. The molecule has 1 N–H and O–H groups in total. The summed E-state index contributed by atoms with van der Waals surface area (Å²) in [5.41, 5.74) is 2.18. The smallest absolute Gasteiger partial charge is 0.263 e. The van der Waals surface area contributed by atoms with Gasteiger partial charge < -0.3 is 10.1 Å². The third-order valence-electron chi connectivity index (χ3n) is 5.14. The van der Waals surface area contributed by atoms with Crippen LogP contribution in [-0.4, -0.2) is 48.5 Å². The molecule has 3 amide bonds. The zero-order valence-electron chi connectivity index (χ0n) is 16.6. The van der Waals surface area contributed by atoms with Gasteiger partial charge >= 0.3 is 0 Å². The second-order valence-corrected chi connectivity index (χ2v) is 7.00. The molecule has 0 aromatic heterocycles. The van der Waals surface area contributed by atoms with E-state index in [9.17, 15) is 14.4 Å². The molecule has 0 aliphatic carbocycles. The van der Waals surface area contributed by atoms with Gasteiger partial charge in [-0.15, -0.1) is 0 Å². The molecule has 30 heavy (non-hydrogen) atoms. The predicted octanol–water partition coefficient (Wildman–Crippen LogP) is 2.19. The maximum Gasteiger partial charge on any atom is 0.263 e. The van der Waals surface area contributed by atoms with Crippen LogP contribution in [0, 0.1) is 0 Å². The Kier molecular flexibility index (Phi) is 5.18. The Balaban J connectivity index is 1.45. The molecular weight excluding hydrogens is 386 g/mol. The first-order valence-electron chi connectivity index (χ1n) is 9.60. The molecule has 1 fully saturated rings. The molecule has 1 saturated heterocycles. The average molecular weight is 407 g/mol. The number of nitrogens with one attached hydrogen (secondary N) is 1. The van der Waals surface area contributed by atoms with Crippen molar-refractivity contribution < 1.29 is 19.1 Å². The monoisotopic (exact) mass is 407 g/mol. The number of carbonyl (C=O) groups is 3. The second kappa shape index (κ2) is 7.94. The van der Waals surface area contributed by atoms with Crippen LogP contribution < -0.4 is 15.0 Å². The Labute approximate surface area is 173 Å². The summed E-state index contributed by atoms with van der Waals surface area (Å²) in [4.78, 5) is 39.3.